The summed E-state index contributed by atoms with van der Waals surface area (Å²) in [4.78, 5) is 0.236. The van der Waals surface area contributed by atoms with E-state index in [2.05, 4.69) is 17.0 Å². The van der Waals surface area contributed by atoms with Crippen LogP contribution in [0.4, 0.5) is 0 Å². The predicted octanol–water partition coefficient (Wildman–Crippen LogP) is 2.51. The summed E-state index contributed by atoms with van der Waals surface area (Å²) in [5.41, 5.74) is 0. The molecule has 1 aromatic heterocycles. The Hall–Kier alpha value is -0.500. The number of sulfonamides is 1. The zero-order valence-corrected chi connectivity index (χ0v) is 15.0. The molecule has 1 aromatic rings. The zero-order valence-electron chi connectivity index (χ0n) is 13.4. The molecule has 0 aromatic carbocycles. The van der Waals surface area contributed by atoms with Gasteiger partial charge in [0, 0.05) is 23.9 Å². The Balaban J connectivity index is 2.70. The highest BCUT2D eigenvalue weighted by atomic mass is 32.2. The van der Waals surface area contributed by atoms with Crippen molar-refractivity contribution in [2.75, 3.05) is 12.8 Å². The van der Waals surface area contributed by atoms with Gasteiger partial charge in [0.2, 0.25) is 10.0 Å². The summed E-state index contributed by atoms with van der Waals surface area (Å²) < 4.78 is 32.7. The minimum atomic E-state index is -3.49. The smallest absolute Gasteiger partial charge is 0.244 e. The first-order valence-corrected chi connectivity index (χ1v) is 9.88. The van der Waals surface area contributed by atoms with Crippen LogP contribution in [-0.4, -0.2) is 32.5 Å². The summed E-state index contributed by atoms with van der Waals surface area (Å²) >= 11 is 1.73. The number of rotatable bonds is 9. The lowest BCUT2D eigenvalue weighted by Gasteiger charge is -2.09. The Morgan fingerprint density at radius 2 is 2.00 bits per heavy atom. The van der Waals surface area contributed by atoms with Gasteiger partial charge in [-0.1, -0.05) is 20.8 Å². The molecule has 5 nitrogen and oxygen atoms in total. The third-order valence-corrected chi connectivity index (χ3v) is 5.75. The Kier molecular flexibility index (Phi) is 7.26. The fourth-order valence-electron chi connectivity index (χ4n) is 1.78. The van der Waals surface area contributed by atoms with E-state index >= 15 is 0 Å². The van der Waals surface area contributed by atoms with E-state index in [9.17, 15) is 8.42 Å². The van der Waals surface area contributed by atoms with E-state index in [0.29, 0.717) is 35.9 Å². The Bertz CT molecular complexity index is 538. The summed E-state index contributed by atoms with van der Waals surface area (Å²) in [7, 11) is -3.49. The van der Waals surface area contributed by atoms with Crippen molar-refractivity contribution in [1.82, 2.24) is 10.0 Å². The highest BCUT2D eigenvalue weighted by Crippen LogP contribution is 2.20. The Labute approximate surface area is 132 Å². The van der Waals surface area contributed by atoms with Gasteiger partial charge in [0.15, 0.2) is 0 Å². The van der Waals surface area contributed by atoms with Crippen LogP contribution in [0.2, 0.25) is 0 Å². The van der Waals surface area contributed by atoms with Crippen LogP contribution >= 0.6 is 11.8 Å². The van der Waals surface area contributed by atoms with Crippen LogP contribution in [0, 0.1) is 6.92 Å². The lowest BCUT2D eigenvalue weighted by atomic mass is 10.3. The Morgan fingerprint density at radius 3 is 2.57 bits per heavy atom. The third-order valence-electron chi connectivity index (χ3n) is 3.14. The number of nitrogens with one attached hydrogen (secondary N) is 2. The van der Waals surface area contributed by atoms with Gasteiger partial charge < -0.3 is 9.73 Å². The van der Waals surface area contributed by atoms with Gasteiger partial charge in [-0.2, -0.15) is 11.8 Å². The molecule has 0 saturated heterocycles. The quantitative estimate of drug-likeness (QED) is 0.726. The minimum Gasteiger partial charge on any atom is -0.464 e. The average molecular weight is 335 g/mol. The molecule has 1 rings (SSSR count). The molecule has 0 aliphatic carbocycles. The molecule has 1 heterocycles. The topological polar surface area (TPSA) is 71.3 Å². The van der Waals surface area contributed by atoms with E-state index in [4.69, 9.17) is 4.42 Å². The fraction of sp³-hybridized carbons (Fsp3) is 0.714. The molecule has 0 spiro atoms. The van der Waals surface area contributed by atoms with Gasteiger partial charge in [-0.25, -0.2) is 13.1 Å². The maximum Gasteiger partial charge on any atom is 0.244 e. The first-order chi connectivity index (χ1) is 9.76. The first kappa shape index (κ1) is 18.5. The lowest BCUT2D eigenvalue weighted by molar-refractivity contribution is 0.444. The molecule has 1 atom stereocenters. The monoisotopic (exact) mass is 334 g/mol. The van der Waals surface area contributed by atoms with Crippen molar-refractivity contribution in [3.63, 3.8) is 0 Å². The van der Waals surface area contributed by atoms with Gasteiger partial charge in [0.1, 0.15) is 16.4 Å². The SMILES string of the molecule is CSC(C)CCNS(=O)(=O)c1cc(CNC(C)C)oc1C. The molecule has 0 amide bonds. The van der Waals surface area contributed by atoms with Crippen molar-refractivity contribution in [3.05, 3.63) is 17.6 Å². The van der Waals surface area contributed by atoms with Crippen LogP contribution in [0.3, 0.4) is 0 Å². The fourth-order valence-corrected chi connectivity index (χ4v) is 3.38. The summed E-state index contributed by atoms with van der Waals surface area (Å²) in [6, 6.07) is 1.92. The van der Waals surface area contributed by atoms with Gasteiger partial charge in [-0.05, 0) is 19.6 Å². The van der Waals surface area contributed by atoms with Crippen molar-refractivity contribution >= 4 is 21.8 Å². The van der Waals surface area contributed by atoms with Crippen molar-refractivity contribution < 1.29 is 12.8 Å². The summed E-state index contributed by atoms with van der Waals surface area (Å²) in [5.74, 6) is 1.07. The normalized spacial score (nSPS) is 13.8. The standard InChI is InChI=1S/C14H26N2O3S2/c1-10(2)15-9-13-8-14(12(4)19-13)21(17,18)16-7-6-11(3)20-5/h8,10-11,15-16H,6-7,9H2,1-5H3. The average Bonchev–Trinajstić information content (AvgIpc) is 2.78. The van der Waals surface area contributed by atoms with Gasteiger partial charge in [-0.15, -0.1) is 0 Å². The molecule has 0 aliphatic rings. The van der Waals surface area contributed by atoms with E-state index in [1.54, 1.807) is 24.8 Å². The second-order valence-electron chi connectivity index (χ2n) is 5.40. The first-order valence-electron chi connectivity index (χ1n) is 7.11. The molecular weight excluding hydrogens is 308 g/mol. The van der Waals surface area contributed by atoms with E-state index < -0.39 is 10.0 Å². The second-order valence-corrected chi connectivity index (χ2v) is 8.41. The number of hydrogen-bond acceptors (Lipinski definition) is 5. The zero-order chi connectivity index (χ0) is 16.0. The lowest BCUT2D eigenvalue weighted by Crippen LogP contribution is -2.26. The van der Waals surface area contributed by atoms with Crippen molar-refractivity contribution in [3.8, 4) is 0 Å². The van der Waals surface area contributed by atoms with Crippen LogP contribution in [0.5, 0.6) is 0 Å². The highest BCUT2D eigenvalue weighted by Gasteiger charge is 2.21. The molecule has 7 heteroatoms. The van der Waals surface area contributed by atoms with Crippen LogP contribution < -0.4 is 10.0 Å². The molecular formula is C14H26N2O3S2. The van der Waals surface area contributed by atoms with E-state index in [1.165, 1.54) is 0 Å². The maximum atomic E-state index is 12.3. The molecule has 0 saturated carbocycles. The largest absolute Gasteiger partial charge is 0.464 e. The van der Waals surface area contributed by atoms with Gasteiger partial charge in [0.05, 0.1) is 6.54 Å². The summed E-state index contributed by atoms with van der Waals surface area (Å²) in [5, 5.41) is 3.64. The maximum absolute atomic E-state index is 12.3. The van der Waals surface area contributed by atoms with E-state index in [0.717, 1.165) is 6.42 Å². The number of aryl methyl sites for hydroxylation is 1. The van der Waals surface area contributed by atoms with Crippen LogP contribution in [0.25, 0.3) is 0 Å². The van der Waals surface area contributed by atoms with Crippen molar-refractivity contribution in [1.29, 1.82) is 0 Å². The van der Waals surface area contributed by atoms with Gasteiger partial charge >= 0.3 is 0 Å². The third kappa shape index (κ3) is 6.02. The highest BCUT2D eigenvalue weighted by molar-refractivity contribution is 7.99. The molecule has 2 N–H and O–H groups in total. The van der Waals surface area contributed by atoms with Crippen LogP contribution in [0.15, 0.2) is 15.4 Å². The molecule has 0 radical (unpaired) electrons. The van der Waals surface area contributed by atoms with E-state index in [-0.39, 0.29) is 4.90 Å². The number of furan rings is 1. The predicted molar refractivity (Wildman–Crippen MR) is 88.2 cm³/mol. The minimum absolute atomic E-state index is 0.236. The van der Waals surface area contributed by atoms with Crippen molar-refractivity contribution in [2.45, 2.75) is 56.8 Å². The van der Waals surface area contributed by atoms with Gasteiger partial charge in [-0.3, -0.25) is 0 Å². The summed E-state index contributed by atoms with van der Waals surface area (Å²) in [6.45, 7) is 8.78. The molecule has 0 aliphatic heterocycles. The Morgan fingerprint density at radius 1 is 1.33 bits per heavy atom. The van der Waals surface area contributed by atoms with Gasteiger partial charge in [0.25, 0.3) is 0 Å². The van der Waals surface area contributed by atoms with Crippen molar-refractivity contribution in [2.24, 2.45) is 0 Å². The second kappa shape index (κ2) is 8.22. The number of hydrogen-bond donors (Lipinski definition) is 2. The summed E-state index contributed by atoms with van der Waals surface area (Å²) in [6.07, 6.45) is 2.83. The van der Waals surface area contributed by atoms with Crippen LogP contribution in [-0.2, 0) is 16.6 Å². The number of thioether (sulfide) groups is 1. The molecule has 1 unspecified atom stereocenters. The molecule has 0 bridgehead atoms. The van der Waals surface area contributed by atoms with Crippen LogP contribution in [0.1, 0.15) is 38.7 Å². The molecule has 122 valence electrons. The molecule has 0 fully saturated rings. The van der Waals surface area contributed by atoms with E-state index in [1.807, 2.05) is 20.1 Å². The molecule has 21 heavy (non-hydrogen) atoms.